The van der Waals surface area contributed by atoms with E-state index in [9.17, 15) is 9.90 Å². The number of hydrogen-bond acceptors (Lipinski definition) is 3. The second-order valence-corrected chi connectivity index (χ2v) is 6.18. The van der Waals surface area contributed by atoms with E-state index in [4.69, 9.17) is 4.42 Å². The molecule has 1 fully saturated rings. The number of aromatic carboxylic acids is 1. The monoisotopic (exact) mass is 287 g/mol. The van der Waals surface area contributed by atoms with Gasteiger partial charge in [-0.15, -0.1) is 0 Å². The smallest absolute Gasteiger partial charge is 0.372 e. The number of furan rings is 1. The lowest BCUT2D eigenvalue weighted by molar-refractivity contribution is 0.0660. The molecular formula is C17H21NO3. The van der Waals surface area contributed by atoms with Gasteiger partial charge in [0, 0.05) is 30.1 Å². The summed E-state index contributed by atoms with van der Waals surface area (Å²) in [6.45, 7) is 5.99. The molecule has 1 aromatic carbocycles. The molecule has 1 saturated carbocycles. The van der Waals surface area contributed by atoms with Crippen molar-refractivity contribution in [2.24, 2.45) is 5.92 Å². The molecule has 1 heterocycles. The van der Waals surface area contributed by atoms with Crippen LogP contribution in [-0.4, -0.2) is 28.6 Å². The van der Waals surface area contributed by atoms with Gasteiger partial charge in [-0.2, -0.15) is 0 Å². The van der Waals surface area contributed by atoms with E-state index in [2.05, 4.69) is 18.7 Å². The third kappa shape index (κ3) is 2.95. The number of carboxylic acid groups (broad SMARTS) is 1. The summed E-state index contributed by atoms with van der Waals surface area (Å²) >= 11 is 0. The Bertz CT molecular complexity index is 655. The van der Waals surface area contributed by atoms with Crippen LogP contribution in [0, 0.1) is 5.92 Å². The van der Waals surface area contributed by atoms with Crippen LogP contribution in [0.4, 0.5) is 0 Å². The molecule has 1 aliphatic rings. The van der Waals surface area contributed by atoms with Gasteiger partial charge in [0.2, 0.25) is 5.76 Å². The first-order valence-corrected chi connectivity index (χ1v) is 7.54. The molecule has 112 valence electrons. The maximum atomic E-state index is 11.5. The van der Waals surface area contributed by atoms with Crippen molar-refractivity contribution in [2.45, 2.75) is 39.3 Å². The van der Waals surface area contributed by atoms with E-state index in [1.54, 1.807) is 0 Å². The summed E-state index contributed by atoms with van der Waals surface area (Å²) in [6, 6.07) is 7.95. The van der Waals surface area contributed by atoms with Gasteiger partial charge in [-0.3, -0.25) is 4.90 Å². The summed E-state index contributed by atoms with van der Waals surface area (Å²) < 4.78 is 5.54. The molecule has 4 nitrogen and oxygen atoms in total. The van der Waals surface area contributed by atoms with Crippen LogP contribution in [0.5, 0.6) is 0 Å². The van der Waals surface area contributed by atoms with Crippen LogP contribution in [-0.2, 0) is 6.54 Å². The van der Waals surface area contributed by atoms with Gasteiger partial charge >= 0.3 is 5.97 Å². The second-order valence-electron chi connectivity index (χ2n) is 6.18. The van der Waals surface area contributed by atoms with Crippen LogP contribution < -0.4 is 0 Å². The summed E-state index contributed by atoms with van der Waals surface area (Å²) in [4.78, 5) is 13.8. The van der Waals surface area contributed by atoms with Crippen LogP contribution in [0.2, 0.25) is 0 Å². The van der Waals surface area contributed by atoms with Crippen molar-refractivity contribution in [2.75, 3.05) is 6.54 Å². The Morgan fingerprint density at radius 2 is 2.10 bits per heavy atom. The minimum Gasteiger partial charge on any atom is -0.475 e. The lowest BCUT2D eigenvalue weighted by atomic mass is 10.1. The van der Waals surface area contributed by atoms with Gasteiger partial charge in [-0.1, -0.05) is 18.2 Å². The average molecular weight is 287 g/mol. The summed E-state index contributed by atoms with van der Waals surface area (Å²) in [5.74, 6) is -0.132. The largest absolute Gasteiger partial charge is 0.475 e. The fourth-order valence-electron chi connectivity index (χ4n) is 2.72. The number of carbonyl (C=O) groups is 1. The zero-order chi connectivity index (χ0) is 15.0. The minimum absolute atomic E-state index is 0.0812. The molecular weight excluding hydrogens is 266 g/mol. The third-order valence-electron chi connectivity index (χ3n) is 4.17. The van der Waals surface area contributed by atoms with Crippen molar-refractivity contribution in [3.05, 3.63) is 35.6 Å². The summed E-state index contributed by atoms with van der Waals surface area (Å²) in [5.41, 5.74) is 1.45. The lowest BCUT2D eigenvalue weighted by Gasteiger charge is -2.26. The predicted molar refractivity (Wildman–Crippen MR) is 81.4 cm³/mol. The zero-order valence-electron chi connectivity index (χ0n) is 12.5. The van der Waals surface area contributed by atoms with Gasteiger partial charge in [0.15, 0.2) is 0 Å². The molecule has 0 bridgehead atoms. The molecule has 2 aromatic rings. The van der Waals surface area contributed by atoms with E-state index in [1.165, 1.54) is 12.8 Å². The number of benzene rings is 1. The van der Waals surface area contributed by atoms with E-state index in [-0.39, 0.29) is 5.76 Å². The van der Waals surface area contributed by atoms with Crippen LogP contribution >= 0.6 is 0 Å². The van der Waals surface area contributed by atoms with Gasteiger partial charge in [0.1, 0.15) is 5.58 Å². The average Bonchev–Trinajstić information content (AvgIpc) is 3.18. The van der Waals surface area contributed by atoms with Gasteiger partial charge in [-0.05, 0) is 38.7 Å². The van der Waals surface area contributed by atoms with Crippen LogP contribution in [0.15, 0.2) is 28.7 Å². The topological polar surface area (TPSA) is 53.7 Å². The van der Waals surface area contributed by atoms with Crippen molar-refractivity contribution in [3.8, 4) is 0 Å². The van der Waals surface area contributed by atoms with E-state index in [1.807, 2.05) is 24.3 Å². The van der Waals surface area contributed by atoms with E-state index in [0.29, 0.717) is 18.2 Å². The Hall–Kier alpha value is -1.81. The standard InChI is InChI=1S/C17H21NO3/c1-11(2)18(9-12-7-8-12)10-14-13-5-3-4-6-15(13)21-16(14)17(19)20/h3-6,11-12H,7-10H2,1-2H3,(H,19,20). The number of fused-ring (bicyclic) bond motifs is 1. The van der Waals surface area contributed by atoms with Crippen LogP contribution in [0.1, 0.15) is 42.8 Å². The fraction of sp³-hybridized carbons (Fsp3) is 0.471. The van der Waals surface area contributed by atoms with Crippen molar-refractivity contribution in [3.63, 3.8) is 0 Å². The molecule has 3 rings (SSSR count). The highest BCUT2D eigenvalue weighted by atomic mass is 16.4. The highest BCUT2D eigenvalue weighted by molar-refractivity contribution is 5.95. The van der Waals surface area contributed by atoms with Crippen molar-refractivity contribution in [1.29, 1.82) is 0 Å². The first-order valence-electron chi connectivity index (χ1n) is 7.54. The molecule has 0 spiro atoms. The molecule has 1 N–H and O–H groups in total. The third-order valence-corrected chi connectivity index (χ3v) is 4.17. The number of para-hydroxylation sites is 1. The molecule has 0 amide bonds. The maximum absolute atomic E-state index is 11.5. The number of hydrogen-bond donors (Lipinski definition) is 1. The van der Waals surface area contributed by atoms with Gasteiger partial charge in [0.25, 0.3) is 0 Å². The Labute approximate surface area is 124 Å². The zero-order valence-corrected chi connectivity index (χ0v) is 12.5. The molecule has 0 atom stereocenters. The predicted octanol–water partition coefficient (Wildman–Crippen LogP) is 3.75. The SMILES string of the molecule is CC(C)N(Cc1c(C(=O)O)oc2ccccc12)CC1CC1. The Morgan fingerprint density at radius 3 is 2.71 bits per heavy atom. The summed E-state index contributed by atoms with van der Waals surface area (Å²) in [5, 5.41) is 10.3. The van der Waals surface area contributed by atoms with E-state index >= 15 is 0 Å². The second kappa shape index (κ2) is 5.53. The maximum Gasteiger partial charge on any atom is 0.372 e. The van der Waals surface area contributed by atoms with Gasteiger partial charge in [0.05, 0.1) is 0 Å². The van der Waals surface area contributed by atoms with Gasteiger partial charge < -0.3 is 9.52 Å². The number of rotatable bonds is 6. The molecule has 1 aliphatic carbocycles. The molecule has 0 radical (unpaired) electrons. The van der Waals surface area contributed by atoms with Crippen molar-refractivity contribution < 1.29 is 14.3 Å². The highest BCUT2D eigenvalue weighted by Crippen LogP contribution is 2.33. The van der Waals surface area contributed by atoms with Gasteiger partial charge in [-0.25, -0.2) is 4.79 Å². The first-order chi connectivity index (χ1) is 10.1. The highest BCUT2D eigenvalue weighted by Gasteiger charge is 2.28. The Kier molecular flexibility index (Phi) is 3.72. The van der Waals surface area contributed by atoms with E-state index in [0.717, 1.165) is 23.4 Å². The van der Waals surface area contributed by atoms with Crippen molar-refractivity contribution in [1.82, 2.24) is 4.90 Å². The minimum atomic E-state index is -0.990. The fourth-order valence-corrected chi connectivity index (χ4v) is 2.72. The van der Waals surface area contributed by atoms with Crippen LogP contribution in [0.3, 0.4) is 0 Å². The van der Waals surface area contributed by atoms with Crippen molar-refractivity contribution >= 4 is 16.9 Å². The first kappa shape index (κ1) is 14.1. The van der Waals surface area contributed by atoms with E-state index < -0.39 is 5.97 Å². The van der Waals surface area contributed by atoms with Crippen LogP contribution in [0.25, 0.3) is 11.0 Å². The Balaban J connectivity index is 1.96. The normalized spacial score (nSPS) is 15.2. The quantitative estimate of drug-likeness (QED) is 0.879. The molecule has 1 aromatic heterocycles. The number of nitrogens with zero attached hydrogens (tertiary/aromatic N) is 1. The molecule has 0 saturated heterocycles. The number of carboxylic acids is 1. The summed E-state index contributed by atoms with van der Waals surface area (Å²) in [6.07, 6.45) is 2.59. The molecule has 4 heteroatoms. The molecule has 0 aliphatic heterocycles. The Morgan fingerprint density at radius 1 is 1.38 bits per heavy atom. The summed E-state index contributed by atoms with van der Waals surface area (Å²) in [7, 11) is 0. The molecule has 21 heavy (non-hydrogen) atoms. The molecule has 0 unspecified atom stereocenters. The lowest BCUT2D eigenvalue weighted by Crippen LogP contribution is -2.32.